The van der Waals surface area contributed by atoms with Crippen molar-refractivity contribution >= 4 is 0 Å². The van der Waals surface area contributed by atoms with Gasteiger partial charge in [0.15, 0.2) is 11.5 Å². The van der Waals surface area contributed by atoms with Gasteiger partial charge in [0.25, 0.3) is 0 Å². The highest BCUT2D eigenvalue weighted by molar-refractivity contribution is 5.48. The number of hydrogen-bond donors (Lipinski definition) is 1. The summed E-state index contributed by atoms with van der Waals surface area (Å²) < 4.78 is 23.7. The second kappa shape index (κ2) is 6.14. The molecule has 21 heavy (non-hydrogen) atoms. The molecule has 1 N–H and O–H groups in total. The molecule has 3 rings (SSSR count). The molecule has 0 saturated heterocycles. The molecule has 1 atom stereocenters. The summed E-state index contributed by atoms with van der Waals surface area (Å²) in [6.07, 6.45) is 0.854. The normalized spacial score (nSPS) is 14.2. The van der Waals surface area contributed by atoms with Crippen LogP contribution in [0.5, 0.6) is 11.5 Å². The Kier molecular flexibility index (Phi) is 4.06. The summed E-state index contributed by atoms with van der Waals surface area (Å²) in [7, 11) is 0. The number of rotatable bonds is 5. The molecular weight excluding hydrogens is 269 g/mol. The molecule has 2 aromatic rings. The molecule has 4 heteroatoms. The minimum atomic E-state index is -0.198. The van der Waals surface area contributed by atoms with Crippen LogP contribution in [0.2, 0.25) is 0 Å². The second-order valence-corrected chi connectivity index (χ2v) is 5.26. The number of benzene rings is 2. The maximum absolute atomic E-state index is 12.9. The molecule has 1 unspecified atom stereocenters. The van der Waals surface area contributed by atoms with Crippen LogP contribution in [0.1, 0.15) is 18.1 Å². The maximum Gasteiger partial charge on any atom is 0.231 e. The maximum atomic E-state index is 12.9. The highest BCUT2D eigenvalue weighted by Crippen LogP contribution is 2.35. The molecule has 1 aliphatic rings. The molecule has 0 aliphatic carbocycles. The highest BCUT2D eigenvalue weighted by Gasteiger charge is 2.17. The van der Waals surface area contributed by atoms with Gasteiger partial charge in [-0.2, -0.15) is 0 Å². The lowest BCUT2D eigenvalue weighted by atomic mass is 10.1. The topological polar surface area (TPSA) is 30.5 Å². The monoisotopic (exact) mass is 287 g/mol. The molecule has 0 aromatic heterocycles. The van der Waals surface area contributed by atoms with Gasteiger partial charge in [0.05, 0.1) is 0 Å². The Morgan fingerprint density at radius 2 is 1.95 bits per heavy atom. The number of hydrogen-bond acceptors (Lipinski definition) is 3. The summed E-state index contributed by atoms with van der Waals surface area (Å²) in [4.78, 5) is 0. The Labute approximate surface area is 123 Å². The van der Waals surface area contributed by atoms with E-state index >= 15 is 0 Å². The SMILES string of the molecule is CC(Cc1ccc(F)cc1)NCc1cccc2c1OCO2. The molecule has 0 saturated carbocycles. The lowest BCUT2D eigenvalue weighted by Gasteiger charge is -2.15. The van der Waals surface area contributed by atoms with E-state index in [4.69, 9.17) is 9.47 Å². The quantitative estimate of drug-likeness (QED) is 0.915. The van der Waals surface area contributed by atoms with Crippen LogP contribution in [0.15, 0.2) is 42.5 Å². The zero-order valence-corrected chi connectivity index (χ0v) is 11.9. The van der Waals surface area contributed by atoms with Crippen molar-refractivity contribution in [3.63, 3.8) is 0 Å². The van der Waals surface area contributed by atoms with Crippen molar-refractivity contribution in [1.29, 1.82) is 0 Å². The van der Waals surface area contributed by atoms with E-state index in [-0.39, 0.29) is 18.7 Å². The minimum absolute atomic E-state index is 0.198. The summed E-state index contributed by atoms with van der Waals surface area (Å²) in [5.41, 5.74) is 2.21. The molecule has 1 heterocycles. The van der Waals surface area contributed by atoms with E-state index < -0.39 is 0 Å². The summed E-state index contributed by atoms with van der Waals surface area (Å²) in [6, 6.07) is 12.8. The van der Waals surface area contributed by atoms with E-state index in [9.17, 15) is 4.39 Å². The first-order chi connectivity index (χ1) is 10.2. The van der Waals surface area contributed by atoms with Crippen LogP contribution in [0.4, 0.5) is 4.39 Å². The zero-order valence-electron chi connectivity index (χ0n) is 11.9. The van der Waals surface area contributed by atoms with E-state index in [1.165, 1.54) is 12.1 Å². The lowest BCUT2D eigenvalue weighted by Crippen LogP contribution is -2.27. The molecule has 0 radical (unpaired) electrons. The molecule has 1 aliphatic heterocycles. The molecule has 0 spiro atoms. The van der Waals surface area contributed by atoms with E-state index in [0.29, 0.717) is 0 Å². The van der Waals surface area contributed by atoms with Crippen molar-refractivity contribution in [1.82, 2.24) is 5.32 Å². The van der Waals surface area contributed by atoms with Gasteiger partial charge in [0, 0.05) is 18.2 Å². The van der Waals surface area contributed by atoms with Crippen LogP contribution in [-0.2, 0) is 13.0 Å². The van der Waals surface area contributed by atoms with Crippen LogP contribution in [-0.4, -0.2) is 12.8 Å². The molecule has 0 amide bonds. The molecule has 110 valence electrons. The first-order valence-electron chi connectivity index (χ1n) is 7.07. The Bertz CT molecular complexity index is 613. The Morgan fingerprint density at radius 1 is 1.14 bits per heavy atom. The fourth-order valence-corrected chi connectivity index (χ4v) is 2.46. The van der Waals surface area contributed by atoms with Crippen LogP contribution >= 0.6 is 0 Å². The summed E-state index contributed by atoms with van der Waals surface area (Å²) in [5, 5.41) is 3.46. The van der Waals surface area contributed by atoms with Gasteiger partial charge in [-0.1, -0.05) is 24.3 Å². The third-order valence-electron chi connectivity index (χ3n) is 3.57. The van der Waals surface area contributed by atoms with Crippen LogP contribution in [0.3, 0.4) is 0 Å². The van der Waals surface area contributed by atoms with Gasteiger partial charge in [-0.25, -0.2) is 4.39 Å². The van der Waals surface area contributed by atoms with Crippen molar-refractivity contribution < 1.29 is 13.9 Å². The average Bonchev–Trinajstić information content (AvgIpc) is 2.96. The number of nitrogens with one attached hydrogen (secondary N) is 1. The van der Waals surface area contributed by atoms with Gasteiger partial charge in [-0.3, -0.25) is 0 Å². The van der Waals surface area contributed by atoms with E-state index in [0.717, 1.165) is 35.6 Å². The van der Waals surface area contributed by atoms with Gasteiger partial charge in [-0.15, -0.1) is 0 Å². The number of ether oxygens (including phenoxy) is 2. The molecular formula is C17H18FNO2. The highest BCUT2D eigenvalue weighted by atomic mass is 19.1. The summed E-state index contributed by atoms with van der Waals surface area (Å²) in [5.74, 6) is 1.44. The van der Waals surface area contributed by atoms with Crippen molar-refractivity contribution in [3.8, 4) is 11.5 Å². The second-order valence-electron chi connectivity index (χ2n) is 5.26. The van der Waals surface area contributed by atoms with Gasteiger partial charge in [0.2, 0.25) is 6.79 Å². The molecule has 0 fully saturated rings. The van der Waals surface area contributed by atoms with E-state index in [1.54, 1.807) is 0 Å². The first kappa shape index (κ1) is 13.9. The molecule has 2 aromatic carbocycles. The average molecular weight is 287 g/mol. The van der Waals surface area contributed by atoms with Gasteiger partial charge < -0.3 is 14.8 Å². The first-order valence-corrected chi connectivity index (χ1v) is 7.07. The predicted octanol–water partition coefficient (Wildman–Crippen LogP) is 3.28. The van der Waals surface area contributed by atoms with Crippen LogP contribution < -0.4 is 14.8 Å². The van der Waals surface area contributed by atoms with Gasteiger partial charge in [0.1, 0.15) is 5.82 Å². The van der Waals surface area contributed by atoms with E-state index in [2.05, 4.69) is 12.2 Å². The summed E-state index contributed by atoms with van der Waals surface area (Å²) >= 11 is 0. The van der Waals surface area contributed by atoms with Crippen molar-refractivity contribution in [3.05, 3.63) is 59.4 Å². The number of fused-ring (bicyclic) bond motifs is 1. The Hall–Kier alpha value is -2.07. The van der Waals surface area contributed by atoms with Crippen LogP contribution in [0, 0.1) is 5.82 Å². The zero-order chi connectivity index (χ0) is 14.7. The number of para-hydroxylation sites is 1. The molecule has 3 nitrogen and oxygen atoms in total. The largest absolute Gasteiger partial charge is 0.454 e. The number of halogens is 1. The van der Waals surface area contributed by atoms with Crippen molar-refractivity contribution in [2.75, 3.05) is 6.79 Å². The van der Waals surface area contributed by atoms with Gasteiger partial charge >= 0.3 is 0 Å². The molecule has 0 bridgehead atoms. The minimum Gasteiger partial charge on any atom is -0.454 e. The van der Waals surface area contributed by atoms with E-state index in [1.807, 2.05) is 30.3 Å². The Morgan fingerprint density at radius 3 is 2.76 bits per heavy atom. The third kappa shape index (κ3) is 3.34. The lowest BCUT2D eigenvalue weighted by molar-refractivity contribution is 0.173. The standard InChI is InChI=1S/C17H18FNO2/c1-12(9-13-5-7-15(18)8-6-13)19-10-14-3-2-4-16-17(14)21-11-20-16/h2-8,12,19H,9-11H2,1H3. The smallest absolute Gasteiger partial charge is 0.231 e. The summed E-state index contributed by atoms with van der Waals surface area (Å²) in [6.45, 7) is 3.12. The van der Waals surface area contributed by atoms with Crippen molar-refractivity contribution in [2.24, 2.45) is 0 Å². The Balaban J connectivity index is 1.58. The fraction of sp³-hybridized carbons (Fsp3) is 0.294. The fourth-order valence-electron chi connectivity index (χ4n) is 2.46. The third-order valence-corrected chi connectivity index (χ3v) is 3.57. The predicted molar refractivity (Wildman–Crippen MR) is 79.0 cm³/mol. The van der Waals surface area contributed by atoms with Crippen LogP contribution in [0.25, 0.3) is 0 Å². The van der Waals surface area contributed by atoms with Gasteiger partial charge in [-0.05, 0) is 37.1 Å². The van der Waals surface area contributed by atoms with Crippen molar-refractivity contribution in [2.45, 2.75) is 25.9 Å².